The van der Waals surface area contributed by atoms with Gasteiger partial charge in [0.2, 0.25) is 0 Å². The van der Waals surface area contributed by atoms with Crippen molar-refractivity contribution in [3.05, 3.63) is 47.6 Å². The molecule has 0 aromatic heterocycles. The van der Waals surface area contributed by atoms with Crippen LogP contribution in [0.2, 0.25) is 0 Å². The van der Waals surface area contributed by atoms with Gasteiger partial charge in [-0.05, 0) is 65.7 Å². The Morgan fingerprint density at radius 2 is 1.65 bits per heavy atom. The normalized spacial score (nSPS) is 11.8. The molecule has 0 aromatic carbocycles. The number of hydrogen-bond acceptors (Lipinski definition) is 0. The van der Waals surface area contributed by atoms with Crippen LogP contribution in [0.25, 0.3) is 0 Å². The summed E-state index contributed by atoms with van der Waals surface area (Å²) in [4.78, 5) is 0. The molecule has 0 heteroatoms. The average molecular weight is 274 g/mol. The minimum atomic E-state index is 1.12. The first-order valence-electron chi connectivity index (χ1n) is 8.09. The van der Waals surface area contributed by atoms with Gasteiger partial charge in [0, 0.05) is 0 Å². The van der Waals surface area contributed by atoms with E-state index in [4.69, 9.17) is 0 Å². The minimum absolute atomic E-state index is 1.12. The van der Waals surface area contributed by atoms with Crippen molar-refractivity contribution in [1.82, 2.24) is 0 Å². The third-order valence-electron chi connectivity index (χ3n) is 3.55. The quantitative estimate of drug-likeness (QED) is 0.277. The van der Waals surface area contributed by atoms with Crippen LogP contribution in [0.5, 0.6) is 0 Å². The standard InChI is InChI=1S/C20H34/c1-7-9-10-12-20(16-14-18(5)6)19(11-8-2)15-13-17(3)4/h7,14H,1,3,8-13,15-16H2,2,4-6H3. The van der Waals surface area contributed by atoms with E-state index >= 15 is 0 Å². The van der Waals surface area contributed by atoms with Gasteiger partial charge in [-0.3, -0.25) is 0 Å². The second-order valence-corrected chi connectivity index (χ2v) is 6.08. The van der Waals surface area contributed by atoms with Crippen molar-refractivity contribution >= 4 is 0 Å². The largest absolute Gasteiger partial charge is 0.103 e. The lowest BCUT2D eigenvalue weighted by Crippen LogP contribution is -1.95. The van der Waals surface area contributed by atoms with Gasteiger partial charge >= 0.3 is 0 Å². The maximum Gasteiger partial charge on any atom is -0.0134 e. The van der Waals surface area contributed by atoms with Gasteiger partial charge in [0.05, 0.1) is 0 Å². The summed E-state index contributed by atoms with van der Waals surface area (Å²) in [6.07, 6.45) is 13.9. The summed E-state index contributed by atoms with van der Waals surface area (Å²) in [5.74, 6) is 0. The molecule has 0 rings (SSSR count). The molecule has 0 radical (unpaired) electrons. The van der Waals surface area contributed by atoms with Gasteiger partial charge in [0.15, 0.2) is 0 Å². The first-order chi connectivity index (χ1) is 9.51. The van der Waals surface area contributed by atoms with Gasteiger partial charge < -0.3 is 0 Å². The summed E-state index contributed by atoms with van der Waals surface area (Å²) in [5, 5.41) is 0. The summed E-state index contributed by atoms with van der Waals surface area (Å²) >= 11 is 0. The maximum atomic E-state index is 4.05. The van der Waals surface area contributed by atoms with E-state index in [-0.39, 0.29) is 0 Å². The second kappa shape index (κ2) is 11.8. The summed E-state index contributed by atoms with van der Waals surface area (Å²) in [6, 6.07) is 0. The zero-order valence-corrected chi connectivity index (χ0v) is 14.2. The van der Waals surface area contributed by atoms with Crippen molar-refractivity contribution in [3.8, 4) is 0 Å². The number of rotatable bonds is 11. The Labute approximate surface area is 127 Å². The zero-order chi connectivity index (χ0) is 15.4. The molecule has 0 saturated carbocycles. The fourth-order valence-electron chi connectivity index (χ4n) is 2.35. The van der Waals surface area contributed by atoms with Crippen molar-refractivity contribution in [3.63, 3.8) is 0 Å². The molecule has 0 amide bonds. The highest BCUT2D eigenvalue weighted by Crippen LogP contribution is 2.26. The lowest BCUT2D eigenvalue weighted by atomic mass is 9.91. The Bertz CT molecular complexity index is 348. The van der Waals surface area contributed by atoms with Crippen LogP contribution in [-0.2, 0) is 0 Å². The molecule has 0 aliphatic rings. The maximum absolute atomic E-state index is 4.05. The number of unbranched alkanes of at least 4 members (excludes halogenated alkanes) is 1. The Hall–Kier alpha value is -1.04. The average Bonchev–Trinajstić information content (AvgIpc) is 2.38. The fraction of sp³-hybridized carbons (Fsp3) is 0.600. The Morgan fingerprint density at radius 1 is 0.950 bits per heavy atom. The van der Waals surface area contributed by atoms with Crippen LogP contribution in [0.1, 0.15) is 79.1 Å². The Balaban J connectivity index is 4.96. The summed E-state index contributed by atoms with van der Waals surface area (Å²) in [7, 11) is 0. The van der Waals surface area contributed by atoms with E-state index in [1.54, 1.807) is 11.1 Å². The molecule has 0 aliphatic carbocycles. The van der Waals surface area contributed by atoms with E-state index in [0.717, 1.165) is 19.3 Å². The van der Waals surface area contributed by atoms with Crippen molar-refractivity contribution in [2.24, 2.45) is 0 Å². The van der Waals surface area contributed by atoms with E-state index in [2.05, 4.69) is 46.9 Å². The SMILES string of the molecule is C=CCCCC(CC=C(C)C)=C(CCC)CCC(=C)C. The zero-order valence-electron chi connectivity index (χ0n) is 14.2. The van der Waals surface area contributed by atoms with Crippen LogP contribution < -0.4 is 0 Å². The molecule has 0 saturated heterocycles. The third-order valence-corrected chi connectivity index (χ3v) is 3.55. The third kappa shape index (κ3) is 9.83. The van der Waals surface area contributed by atoms with Gasteiger partial charge in [-0.1, -0.05) is 47.8 Å². The topological polar surface area (TPSA) is 0 Å². The molecule has 114 valence electrons. The summed E-state index contributed by atoms with van der Waals surface area (Å²) < 4.78 is 0. The van der Waals surface area contributed by atoms with Crippen LogP contribution in [0.15, 0.2) is 47.6 Å². The van der Waals surface area contributed by atoms with E-state index in [0.29, 0.717) is 0 Å². The number of allylic oxidation sites excluding steroid dienone is 6. The van der Waals surface area contributed by atoms with Gasteiger partial charge in [0.1, 0.15) is 0 Å². The first kappa shape index (κ1) is 19.0. The second-order valence-electron chi connectivity index (χ2n) is 6.08. The van der Waals surface area contributed by atoms with Gasteiger partial charge in [-0.25, -0.2) is 0 Å². The molecule has 0 spiro atoms. The van der Waals surface area contributed by atoms with Crippen LogP contribution in [-0.4, -0.2) is 0 Å². The van der Waals surface area contributed by atoms with E-state index < -0.39 is 0 Å². The van der Waals surface area contributed by atoms with Crippen molar-refractivity contribution in [2.45, 2.75) is 79.1 Å². The molecular weight excluding hydrogens is 240 g/mol. The van der Waals surface area contributed by atoms with Crippen molar-refractivity contribution in [2.75, 3.05) is 0 Å². The fourth-order valence-corrected chi connectivity index (χ4v) is 2.35. The molecule has 0 bridgehead atoms. The van der Waals surface area contributed by atoms with Gasteiger partial charge in [-0.2, -0.15) is 0 Å². The highest BCUT2D eigenvalue weighted by molar-refractivity contribution is 5.19. The molecular formula is C20H34. The molecule has 20 heavy (non-hydrogen) atoms. The van der Waals surface area contributed by atoms with Crippen LogP contribution >= 0.6 is 0 Å². The van der Waals surface area contributed by atoms with Gasteiger partial charge in [-0.15, -0.1) is 13.2 Å². The highest BCUT2D eigenvalue weighted by Gasteiger charge is 2.06. The molecule has 0 aliphatic heterocycles. The predicted octanol–water partition coefficient (Wildman–Crippen LogP) is 7.15. The van der Waals surface area contributed by atoms with E-state index in [1.807, 2.05) is 6.08 Å². The van der Waals surface area contributed by atoms with E-state index in [9.17, 15) is 0 Å². The predicted molar refractivity (Wildman–Crippen MR) is 94.1 cm³/mol. The highest BCUT2D eigenvalue weighted by atomic mass is 14.1. The molecule has 0 N–H and O–H groups in total. The van der Waals surface area contributed by atoms with Crippen LogP contribution in [0, 0.1) is 0 Å². The lowest BCUT2D eigenvalue weighted by Gasteiger charge is -2.15. The van der Waals surface area contributed by atoms with E-state index in [1.165, 1.54) is 43.3 Å². The summed E-state index contributed by atoms with van der Waals surface area (Å²) in [6.45, 7) is 16.7. The Kier molecular flexibility index (Phi) is 11.1. The van der Waals surface area contributed by atoms with Crippen LogP contribution in [0.3, 0.4) is 0 Å². The van der Waals surface area contributed by atoms with Crippen molar-refractivity contribution in [1.29, 1.82) is 0 Å². The molecule has 0 aromatic rings. The molecule has 0 unspecified atom stereocenters. The molecule has 0 fully saturated rings. The molecule has 0 atom stereocenters. The van der Waals surface area contributed by atoms with Crippen molar-refractivity contribution < 1.29 is 0 Å². The molecule has 0 nitrogen and oxygen atoms in total. The number of hydrogen-bond donors (Lipinski definition) is 0. The minimum Gasteiger partial charge on any atom is -0.103 e. The van der Waals surface area contributed by atoms with Crippen LogP contribution in [0.4, 0.5) is 0 Å². The molecule has 0 heterocycles. The smallest absolute Gasteiger partial charge is 0.0134 e. The first-order valence-corrected chi connectivity index (χ1v) is 8.09. The van der Waals surface area contributed by atoms with Gasteiger partial charge in [0.25, 0.3) is 0 Å². The summed E-state index contributed by atoms with van der Waals surface area (Å²) in [5.41, 5.74) is 6.06. The monoisotopic (exact) mass is 274 g/mol. The Morgan fingerprint density at radius 3 is 2.15 bits per heavy atom. The lowest BCUT2D eigenvalue weighted by molar-refractivity contribution is 0.744.